The van der Waals surface area contributed by atoms with Gasteiger partial charge in [0.15, 0.2) is 21.3 Å². The molecule has 2 aromatic carbocycles. The molecule has 144 valence electrons. The largest absolute Gasteiger partial charge is 0.486 e. The summed E-state index contributed by atoms with van der Waals surface area (Å²) in [6.45, 7) is 4.75. The molecule has 0 radical (unpaired) electrons. The van der Waals surface area contributed by atoms with E-state index < -0.39 is 9.84 Å². The van der Waals surface area contributed by atoms with Gasteiger partial charge < -0.3 is 14.8 Å². The van der Waals surface area contributed by atoms with Gasteiger partial charge in [0.25, 0.3) is 0 Å². The molecular weight excluding hydrogens is 366 g/mol. The van der Waals surface area contributed by atoms with Crippen molar-refractivity contribution in [2.24, 2.45) is 0 Å². The Morgan fingerprint density at radius 2 is 1.74 bits per heavy atom. The van der Waals surface area contributed by atoms with E-state index in [9.17, 15) is 13.2 Å². The molecule has 0 saturated carbocycles. The fourth-order valence-corrected chi connectivity index (χ4v) is 4.06. The van der Waals surface area contributed by atoms with Gasteiger partial charge in [-0.25, -0.2) is 8.42 Å². The van der Waals surface area contributed by atoms with Crippen molar-refractivity contribution < 1.29 is 22.7 Å². The van der Waals surface area contributed by atoms with E-state index >= 15 is 0 Å². The molecule has 1 N–H and O–H groups in total. The third kappa shape index (κ3) is 4.80. The van der Waals surface area contributed by atoms with E-state index in [0.29, 0.717) is 24.7 Å². The van der Waals surface area contributed by atoms with Crippen LogP contribution in [0.2, 0.25) is 0 Å². The van der Waals surface area contributed by atoms with Crippen LogP contribution >= 0.6 is 0 Å². The Morgan fingerprint density at radius 3 is 2.44 bits per heavy atom. The van der Waals surface area contributed by atoms with Crippen LogP contribution in [0.25, 0.3) is 0 Å². The number of benzene rings is 2. The number of sulfone groups is 1. The number of amides is 1. The first-order chi connectivity index (χ1) is 12.8. The molecule has 27 heavy (non-hydrogen) atoms. The molecule has 7 heteroatoms. The number of carbonyl (C=O) groups excluding carboxylic acids is 1. The minimum Gasteiger partial charge on any atom is -0.486 e. The van der Waals surface area contributed by atoms with Gasteiger partial charge in [0.05, 0.1) is 16.7 Å². The lowest BCUT2D eigenvalue weighted by molar-refractivity contribution is -0.121. The first-order valence-corrected chi connectivity index (χ1v) is 10.5. The minimum absolute atomic E-state index is 0.0922. The smallest absolute Gasteiger partial charge is 0.221 e. The summed E-state index contributed by atoms with van der Waals surface area (Å²) in [7, 11) is -3.48. The van der Waals surface area contributed by atoms with E-state index in [1.165, 1.54) is 0 Å². The Hall–Kier alpha value is -2.54. The lowest BCUT2D eigenvalue weighted by Crippen LogP contribution is -2.28. The second-order valence-electron chi connectivity index (χ2n) is 6.57. The molecule has 1 aliphatic heterocycles. The average Bonchev–Trinajstić information content (AvgIpc) is 2.66. The molecule has 0 aliphatic carbocycles. The number of hydrogen-bond acceptors (Lipinski definition) is 5. The lowest BCUT2D eigenvalue weighted by atomic mass is 10.1. The van der Waals surface area contributed by atoms with E-state index in [-0.39, 0.29) is 29.0 Å². The molecule has 1 amide bonds. The van der Waals surface area contributed by atoms with Crippen molar-refractivity contribution in [1.82, 2.24) is 5.32 Å². The van der Waals surface area contributed by atoms with Crippen LogP contribution in [0, 0.1) is 6.92 Å². The third-order valence-corrected chi connectivity index (χ3v) is 6.15. The third-order valence-electron chi connectivity index (χ3n) is 4.42. The topological polar surface area (TPSA) is 81.7 Å². The molecule has 0 bridgehead atoms. The summed E-state index contributed by atoms with van der Waals surface area (Å²) >= 11 is 0. The zero-order valence-electron chi connectivity index (χ0n) is 15.4. The van der Waals surface area contributed by atoms with Crippen molar-refractivity contribution in [2.75, 3.05) is 19.0 Å². The van der Waals surface area contributed by atoms with Gasteiger partial charge in [-0.2, -0.15) is 0 Å². The first kappa shape index (κ1) is 19.2. The molecule has 1 heterocycles. The predicted molar refractivity (Wildman–Crippen MR) is 102 cm³/mol. The summed E-state index contributed by atoms with van der Waals surface area (Å²) in [4.78, 5) is 12.5. The number of carbonyl (C=O) groups is 1. The fraction of sp³-hybridized carbons (Fsp3) is 0.350. The quantitative estimate of drug-likeness (QED) is 0.822. The van der Waals surface area contributed by atoms with E-state index in [0.717, 1.165) is 11.1 Å². The molecule has 0 saturated heterocycles. The van der Waals surface area contributed by atoms with Crippen molar-refractivity contribution in [3.63, 3.8) is 0 Å². The zero-order chi connectivity index (χ0) is 19.4. The normalized spacial score (nSPS) is 14.4. The maximum atomic E-state index is 12.4. The molecular formula is C20H23NO5S. The number of hydrogen-bond donors (Lipinski definition) is 1. The summed E-state index contributed by atoms with van der Waals surface area (Å²) in [6.07, 6.45) is -0.0922. The highest BCUT2D eigenvalue weighted by molar-refractivity contribution is 7.91. The molecule has 0 fully saturated rings. The van der Waals surface area contributed by atoms with Crippen molar-refractivity contribution in [3.05, 3.63) is 53.6 Å². The van der Waals surface area contributed by atoms with Gasteiger partial charge in [0, 0.05) is 6.42 Å². The van der Waals surface area contributed by atoms with Gasteiger partial charge in [-0.1, -0.05) is 23.8 Å². The van der Waals surface area contributed by atoms with E-state index in [4.69, 9.17) is 9.47 Å². The Balaban J connectivity index is 1.58. The zero-order valence-corrected chi connectivity index (χ0v) is 16.2. The summed E-state index contributed by atoms with van der Waals surface area (Å²) in [6, 6.07) is 11.9. The van der Waals surface area contributed by atoms with Crippen LogP contribution in [0.15, 0.2) is 47.4 Å². The van der Waals surface area contributed by atoms with Crippen LogP contribution in [0.5, 0.6) is 11.5 Å². The summed E-state index contributed by atoms with van der Waals surface area (Å²) < 4.78 is 35.7. The maximum Gasteiger partial charge on any atom is 0.221 e. The first-order valence-electron chi connectivity index (χ1n) is 8.83. The van der Waals surface area contributed by atoms with Crippen molar-refractivity contribution in [1.29, 1.82) is 0 Å². The van der Waals surface area contributed by atoms with Crippen molar-refractivity contribution in [2.45, 2.75) is 31.2 Å². The minimum atomic E-state index is -3.48. The highest BCUT2D eigenvalue weighted by Crippen LogP contribution is 2.32. The molecule has 1 atom stereocenters. The number of rotatable bonds is 6. The van der Waals surface area contributed by atoms with Gasteiger partial charge in [0.2, 0.25) is 5.91 Å². The number of fused-ring (bicyclic) bond motifs is 1. The van der Waals surface area contributed by atoms with Crippen LogP contribution < -0.4 is 14.8 Å². The second kappa shape index (κ2) is 8.00. The average molecular weight is 389 g/mol. The SMILES string of the molecule is Cc1ccc(S(=O)(=O)CCC(=O)N[C@H](C)c2ccc3c(c2)OCCO3)cc1. The highest BCUT2D eigenvalue weighted by Gasteiger charge is 2.19. The van der Waals surface area contributed by atoms with Crippen molar-refractivity contribution in [3.8, 4) is 11.5 Å². The number of aryl methyl sites for hydroxylation is 1. The lowest BCUT2D eigenvalue weighted by Gasteiger charge is -2.21. The van der Waals surface area contributed by atoms with Gasteiger partial charge in [-0.05, 0) is 43.7 Å². The molecule has 0 aromatic heterocycles. The van der Waals surface area contributed by atoms with Crippen LogP contribution in [-0.4, -0.2) is 33.3 Å². The fourth-order valence-electron chi connectivity index (χ4n) is 2.82. The van der Waals surface area contributed by atoms with E-state index in [1.807, 2.05) is 32.0 Å². The Bertz CT molecular complexity index is 922. The molecule has 0 spiro atoms. The van der Waals surface area contributed by atoms with Gasteiger partial charge in [-0.15, -0.1) is 0 Å². The van der Waals surface area contributed by atoms with Crippen LogP contribution in [0.4, 0.5) is 0 Å². The standard InChI is InChI=1S/C20H23NO5S/c1-14-3-6-17(7-4-14)27(23,24)12-9-20(22)21-15(2)16-5-8-18-19(13-16)26-11-10-25-18/h3-8,13,15H,9-12H2,1-2H3,(H,21,22)/t15-/m1/s1. The molecule has 0 unspecified atom stereocenters. The summed E-state index contributed by atoms with van der Waals surface area (Å²) in [5.41, 5.74) is 1.86. The van der Waals surface area contributed by atoms with E-state index in [1.54, 1.807) is 24.3 Å². The van der Waals surface area contributed by atoms with Gasteiger partial charge in [0.1, 0.15) is 13.2 Å². The molecule has 6 nitrogen and oxygen atoms in total. The summed E-state index contributed by atoms with van der Waals surface area (Å²) in [5, 5.41) is 2.84. The molecule has 3 rings (SSSR count). The Labute approximate surface area is 159 Å². The van der Waals surface area contributed by atoms with Crippen LogP contribution in [0.3, 0.4) is 0 Å². The predicted octanol–water partition coefficient (Wildman–Crippen LogP) is 2.81. The van der Waals surface area contributed by atoms with Crippen molar-refractivity contribution >= 4 is 15.7 Å². The van der Waals surface area contributed by atoms with Crippen LogP contribution in [-0.2, 0) is 14.6 Å². The number of nitrogens with one attached hydrogen (secondary N) is 1. The highest BCUT2D eigenvalue weighted by atomic mass is 32.2. The maximum absolute atomic E-state index is 12.4. The van der Waals surface area contributed by atoms with Gasteiger partial charge in [-0.3, -0.25) is 4.79 Å². The summed E-state index contributed by atoms with van der Waals surface area (Å²) in [5.74, 6) is 0.804. The van der Waals surface area contributed by atoms with Gasteiger partial charge >= 0.3 is 0 Å². The number of ether oxygens (including phenoxy) is 2. The van der Waals surface area contributed by atoms with E-state index in [2.05, 4.69) is 5.32 Å². The van der Waals surface area contributed by atoms with Crippen LogP contribution in [0.1, 0.15) is 30.5 Å². The second-order valence-corrected chi connectivity index (χ2v) is 8.68. The molecule has 1 aliphatic rings. The Morgan fingerprint density at radius 1 is 1.07 bits per heavy atom. The Kier molecular flexibility index (Phi) is 5.70. The molecule has 2 aromatic rings. The monoisotopic (exact) mass is 389 g/mol.